The van der Waals surface area contributed by atoms with Crippen molar-refractivity contribution in [2.45, 2.75) is 19.6 Å². The molecule has 0 spiro atoms. The first kappa shape index (κ1) is 18.3. The number of allylic oxidation sites excluding steroid dienone is 1. The molecule has 1 aliphatic heterocycles. The van der Waals surface area contributed by atoms with Crippen LogP contribution in [0.3, 0.4) is 0 Å². The number of hydrogen-bond donors (Lipinski definition) is 3. The number of amides is 3. The van der Waals surface area contributed by atoms with E-state index in [0.29, 0.717) is 34.9 Å². The van der Waals surface area contributed by atoms with Crippen LogP contribution < -0.4 is 25.8 Å². The minimum absolute atomic E-state index is 0.300. The van der Waals surface area contributed by atoms with E-state index in [-0.39, 0.29) is 0 Å². The summed E-state index contributed by atoms with van der Waals surface area (Å²) < 4.78 is 11.3. The molecular weight excluding hydrogens is 346 g/mol. The Kier molecular flexibility index (Phi) is 5.30. The van der Waals surface area contributed by atoms with E-state index in [2.05, 4.69) is 10.6 Å². The summed E-state index contributed by atoms with van der Waals surface area (Å²) in [5.41, 5.74) is 7.92. The topological polar surface area (TPSA) is 103 Å². The monoisotopic (exact) mass is 367 g/mol. The van der Waals surface area contributed by atoms with Crippen LogP contribution in [-0.4, -0.2) is 19.0 Å². The molecule has 3 rings (SSSR count). The molecule has 0 saturated carbocycles. The number of carbonyl (C=O) groups excluding carboxylic acids is 2. The van der Waals surface area contributed by atoms with Gasteiger partial charge in [-0.3, -0.25) is 4.79 Å². The highest BCUT2D eigenvalue weighted by atomic mass is 16.5. The van der Waals surface area contributed by atoms with E-state index in [1.54, 1.807) is 32.2 Å². The van der Waals surface area contributed by atoms with Gasteiger partial charge in [-0.05, 0) is 30.2 Å². The number of ether oxygens (including phenoxy) is 2. The van der Waals surface area contributed by atoms with Crippen LogP contribution in [0.4, 0.5) is 4.79 Å². The highest BCUT2D eigenvalue weighted by Crippen LogP contribution is 2.34. The quantitative estimate of drug-likeness (QED) is 0.729. The fourth-order valence-corrected chi connectivity index (χ4v) is 2.99. The van der Waals surface area contributed by atoms with Gasteiger partial charge in [0.05, 0.1) is 18.7 Å². The van der Waals surface area contributed by atoms with Crippen molar-refractivity contribution in [1.82, 2.24) is 10.6 Å². The molecule has 4 N–H and O–H groups in total. The number of methoxy groups -OCH3 is 1. The van der Waals surface area contributed by atoms with Gasteiger partial charge in [0, 0.05) is 5.70 Å². The molecule has 0 unspecified atom stereocenters. The smallest absolute Gasteiger partial charge is 0.319 e. The highest BCUT2D eigenvalue weighted by molar-refractivity contribution is 5.97. The van der Waals surface area contributed by atoms with E-state index in [1.807, 2.05) is 30.3 Å². The zero-order valence-electron chi connectivity index (χ0n) is 15.1. The van der Waals surface area contributed by atoms with Gasteiger partial charge in [-0.25, -0.2) is 4.79 Å². The zero-order valence-corrected chi connectivity index (χ0v) is 15.1. The number of nitrogens with one attached hydrogen (secondary N) is 2. The van der Waals surface area contributed by atoms with Crippen molar-refractivity contribution in [3.8, 4) is 11.5 Å². The van der Waals surface area contributed by atoms with Gasteiger partial charge in [0.1, 0.15) is 6.61 Å². The van der Waals surface area contributed by atoms with Gasteiger partial charge in [0.2, 0.25) is 5.91 Å². The highest BCUT2D eigenvalue weighted by Gasteiger charge is 2.30. The first-order valence-electron chi connectivity index (χ1n) is 8.42. The first-order chi connectivity index (χ1) is 13.0. The average Bonchev–Trinajstić information content (AvgIpc) is 2.66. The van der Waals surface area contributed by atoms with Crippen molar-refractivity contribution < 1.29 is 19.1 Å². The number of rotatable bonds is 6. The predicted molar refractivity (Wildman–Crippen MR) is 100 cm³/mol. The predicted octanol–water partition coefficient (Wildman–Crippen LogP) is 2.39. The van der Waals surface area contributed by atoms with Crippen LogP contribution in [0.15, 0.2) is 59.8 Å². The third-order valence-corrected chi connectivity index (χ3v) is 4.29. The first-order valence-corrected chi connectivity index (χ1v) is 8.42. The summed E-state index contributed by atoms with van der Waals surface area (Å²) in [4.78, 5) is 23.8. The van der Waals surface area contributed by atoms with Crippen LogP contribution in [0, 0.1) is 0 Å². The van der Waals surface area contributed by atoms with Crippen LogP contribution in [0.25, 0.3) is 0 Å². The molecular formula is C20H21N3O4. The summed E-state index contributed by atoms with van der Waals surface area (Å²) >= 11 is 0. The maximum atomic E-state index is 11.9. The molecule has 0 radical (unpaired) electrons. The van der Waals surface area contributed by atoms with Gasteiger partial charge < -0.3 is 25.8 Å². The number of carbonyl (C=O) groups is 2. The second-order valence-electron chi connectivity index (χ2n) is 6.12. The molecule has 2 aromatic carbocycles. The summed E-state index contributed by atoms with van der Waals surface area (Å²) in [5.74, 6) is 0.456. The molecule has 0 bridgehead atoms. The molecule has 0 fully saturated rings. The molecule has 27 heavy (non-hydrogen) atoms. The van der Waals surface area contributed by atoms with Crippen LogP contribution >= 0.6 is 0 Å². The second-order valence-corrected chi connectivity index (χ2v) is 6.12. The Balaban J connectivity index is 1.93. The standard InChI is InChI=1S/C20H21N3O4/c1-12-17(19(21)24)18(23-20(25)22-12)14-8-9-15(26-2)16(10-14)27-11-13-6-4-3-5-7-13/h3-10,18H,11H2,1-2H3,(H2,21,24)(H2,22,23,25)/t18-/m1/s1. The van der Waals surface area contributed by atoms with Gasteiger partial charge in [-0.1, -0.05) is 36.4 Å². The number of hydrogen-bond acceptors (Lipinski definition) is 4. The zero-order chi connectivity index (χ0) is 19.4. The number of benzene rings is 2. The Labute approximate surface area is 157 Å². The lowest BCUT2D eigenvalue weighted by Crippen LogP contribution is -2.46. The van der Waals surface area contributed by atoms with E-state index in [4.69, 9.17) is 15.2 Å². The normalized spacial score (nSPS) is 16.4. The molecule has 0 aliphatic carbocycles. The molecule has 0 saturated heterocycles. The van der Waals surface area contributed by atoms with Crippen LogP contribution in [-0.2, 0) is 11.4 Å². The summed E-state index contributed by atoms with van der Waals surface area (Å²) in [7, 11) is 1.55. The Bertz CT molecular complexity index is 893. The Morgan fingerprint density at radius 1 is 1.15 bits per heavy atom. The third-order valence-electron chi connectivity index (χ3n) is 4.29. The molecule has 7 nitrogen and oxygen atoms in total. The SMILES string of the molecule is COc1ccc([C@H]2NC(=O)NC(C)=C2C(N)=O)cc1OCc1ccccc1. The summed E-state index contributed by atoms with van der Waals surface area (Å²) in [6.07, 6.45) is 0. The van der Waals surface area contributed by atoms with Gasteiger partial charge in [-0.2, -0.15) is 0 Å². The Morgan fingerprint density at radius 3 is 2.56 bits per heavy atom. The van der Waals surface area contributed by atoms with E-state index in [9.17, 15) is 9.59 Å². The van der Waals surface area contributed by atoms with E-state index in [0.717, 1.165) is 5.56 Å². The van der Waals surface area contributed by atoms with Crippen molar-refractivity contribution in [3.05, 3.63) is 70.9 Å². The summed E-state index contributed by atoms with van der Waals surface area (Å²) in [6, 6.07) is 13.9. The molecule has 0 aromatic heterocycles. The number of urea groups is 1. The average molecular weight is 367 g/mol. The fraction of sp³-hybridized carbons (Fsp3) is 0.200. The number of nitrogens with two attached hydrogens (primary N) is 1. The lowest BCUT2D eigenvalue weighted by Gasteiger charge is -2.28. The summed E-state index contributed by atoms with van der Waals surface area (Å²) in [5, 5.41) is 5.29. The third kappa shape index (κ3) is 4.03. The largest absolute Gasteiger partial charge is 0.493 e. The van der Waals surface area contributed by atoms with Crippen LogP contribution in [0.1, 0.15) is 24.1 Å². The molecule has 1 atom stereocenters. The van der Waals surface area contributed by atoms with E-state index in [1.165, 1.54) is 0 Å². The fourth-order valence-electron chi connectivity index (χ4n) is 2.99. The van der Waals surface area contributed by atoms with E-state index >= 15 is 0 Å². The Hall–Kier alpha value is -3.48. The van der Waals surface area contributed by atoms with E-state index < -0.39 is 18.0 Å². The minimum atomic E-state index is -0.666. The number of primary amides is 1. The van der Waals surface area contributed by atoms with Crippen molar-refractivity contribution >= 4 is 11.9 Å². The molecule has 140 valence electrons. The lowest BCUT2D eigenvalue weighted by atomic mass is 9.95. The van der Waals surface area contributed by atoms with Crippen molar-refractivity contribution in [1.29, 1.82) is 0 Å². The summed E-state index contributed by atoms with van der Waals surface area (Å²) in [6.45, 7) is 2.00. The van der Waals surface area contributed by atoms with Gasteiger partial charge >= 0.3 is 6.03 Å². The molecule has 7 heteroatoms. The molecule has 2 aromatic rings. The second kappa shape index (κ2) is 7.82. The van der Waals surface area contributed by atoms with Crippen LogP contribution in [0.2, 0.25) is 0 Å². The van der Waals surface area contributed by atoms with Crippen LogP contribution in [0.5, 0.6) is 11.5 Å². The lowest BCUT2D eigenvalue weighted by molar-refractivity contribution is -0.115. The maximum absolute atomic E-state index is 11.9. The van der Waals surface area contributed by atoms with Gasteiger partial charge in [0.15, 0.2) is 11.5 Å². The molecule has 1 aliphatic rings. The van der Waals surface area contributed by atoms with Crippen molar-refractivity contribution in [3.63, 3.8) is 0 Å². The Morgan fingerprint density at radius 2 is 1.89 bits per heavy atom. The maximum Gasteiger partial charge on any atom is 0.319 e. The molecule has 1 heterocycles. The van der Waals surface area contributed by atoms with Gasteiger partial charge in [-0.15, -0.1) is 0 Å². The minimum Gasteiger partial charge on any atom is -0.493 e. The van der Waals surface area contributed by atoms with Crippen molar-refractivity contribution in [2.24, 2.45) is 5.73 Å². The van der Waals surface area contributed by atoms with Gasteiger partial charge in [0.25, 0.3) is 0 Å². The van der Waals surface area contributed by atoms with Crippen molar-refractivity contribution in [2.75, 3.05) is 7.11 Å². The molecule has 3 amide bonds.